The summed E-state index contributed by atoms with van der Waals surface area (Å²) >= 11 is 0. The van der Waals surface area contributed by atoms with Crippen LogP contribution in [0.4, 0.5) is 0 Å². The summed E-state index contributed by atoms with van der Waals surface area (Å²) in [5, 5.41) is 3.35. The lowest BCUT2D eigenvalue weighted by molar-refractivity contribution is 0.0127. The molecule has 1 aliphatic heterocycles. The van der Waals surface area contributed by atoms with E-state index in [2.05, 4.69) is 25.8 Å². The van der Waals surface area contributed by atoms with Crippen LogP contribution in [0.2, 0.25) is 0 Å². The molecule has 0 aromatic heterocycles. The second-order valence-electron chi connectivity index (χ2n) is 3.86. The topological polar surface area (TPSA) is 104 Å². The molecule has 0 aromatic carbocycles. The van der Waals surface area contributed by atoms with Gasteiger partial charge in [-0.1, -0.05) is 5.11 Å². The summed E-state index contributed by atoms with van der Waals surface area (Å²) in [5.74, 6) is 0. The summed E-state index contributed by atoms with van der Waals surface area (Å²) in [6.07, 6.45) is 0. The third-order valence-corrected chi connectivity index (χ3v) is 2.43. The van der Waals surface area contributed by atoms with Gasteiger partial charge in [0.15, 0.2) is 0 Å². The molecule has 0 spiro atoms. The molecule has 2 N–H and O–H groups in total. The molecule has 110 valence electrons. The Bertz CT molecular complexity index is 256. The van der Waals surface area contributed by atoms with E-state index in [-0.39, 0.29) is 0 Å². The molecule has 1 fully saturated rings. The minimum Gasteiger partial charge on any atom is -0.379 e. The van der Waals surface area contributed by atoms with E-state index in [4.69, 9.17) is 19.7 Å². The summed E-state index contributed by atoms with van der Waals surface area (Å²) in [5.41, 5.74) is 14.1. The molecule has 0 bridgehead atoms. The van der Waals surface area contributed by atoms with E-state index >= 15 is 0 Å². The molecular weight excluding hydrogens is 252 g/mol. The van der Waals surface area contributed by atoms with E-state index in [1.165, 1.54) is 0 Å². The monoisotopic (exact) mass is 274 g/mol. The van der Waals surface area contributed by atoms with E-state index in [9.17, 15) is 0 Å². The first-order valence-corrected chi connectivity index (χ1v) is 6.35. The second-order valence-corrected chi connectivity index (χ2v) is 3.86. The Hall–Kier alpha value is -0.930. The lowest BCUT2D eigenvalue weighted by Gasteiger charge is -2.12. The first kappa shape index (κ1) is 16.1. The molecule has 19 heavy (non-hydrogen) atoms. The Morgan fingerprint density at radius 1 is 0.947 bits per heavy atom. The average molecular weight is 274 g/mol. The molecule has 0 atom stereocenters. The maximum Gasteiger partial charge on any atom is 0.0701 e. The van der Waals surface area contributed by atoms with Crippen LogP contribution in [0, 0.1) is 0 Å². The fraction of sp³-hybridized carbons (Fsp3) is 1.00. The van der Waals surface area contributed by atoms with E-state index in [0.717, 1.165) is 19.9 Å². The molecule has 0 amide bonds. The summed E-state index contributed by atoms with van der Waals surface area (Å²) in [4.78, 5) is 4.83. The molecular formula is C10H22N6O3. The van der Waals surface area contributed by atoms with Gasteiger partial charge in [-0.3, -0.25) is 4.90 Å². The van der Waals surface area contributed by atoms with Crippen molar-refractivity contribution in [3.63, 3.8) is 0 Å². The second kappa shape index (κ2) is 12.1. The number of azide groups is 1. The van der Waals surface area contributed by atoms with Crippen LogP contribution in [0.1, 0.15) is 0 Å². The van der Waals surface area contributed by atoms with Gasteiger partial charge >= 0.3 is 0 Å². The van der Waals surface area contributed by atoms with E-state index < -0.39 is 0 Å². The Balaban J connectivity index is 1.70. The standard InChI is InChI=1S/C10H22N6O3/c11-15-12-1-3-17-5-7-19-8-6-18-4-2-16-9-13-14-10-16/h13-14H,1-10H2. The van der Waals surface area contributed by atoms with Crippen molar-refractivity contribution in [3.8, 4) is 0 Å². The summed E-state index contributed by atoms with van der Waals surface area (Å²) in [7, 11) is 0. The first-order valence-electron chi connectivity index (χ1n) is 6.35. The van der Waals surface area contributed by atoms with Gasteiger partial charge in [0.25, 0.3) is 0 Å². The number of hydrogen-bond acceptors (Lipinski definition) is 7. The molecule has 0 unspecified atom stereocenters. The molecule has 1 aliphatic rings. The molecule has 0 aliphatic carbocycles. The normalized spacial score (nSPS) is 15.6. The van der Waals surface area contributed by atoms with Crippen LogP contribution in [0.15, 0.2) is 5.11 Å². The van der Waals surface area contributed by atoms with Gasteiger partial charge in [-0.25, -0.2) is 10.9 Å². The van der Waals surface area contributed by atoms with Crippen LogP contribution in [-0.4, -0.2) is 71.0 Å². The third-order valence-electron chi connectivity index (χ3n) is 2.43. The zero-order valence-electron chi connectivity index (χ0n) is 11.1. The number of hydrogen-bond donors (Lipinski definition) is 2. The summed E-state index contributed by atoms with van der Waals surface area (Å²) in [6, 6.07) is 0. The Morgan fingerprint density at radius 2 is 1.53 bits per heavy atom. The van der Waals surface area contributed by atoms with Crippen LogP contribution in [0.5, 0.6) is 0 Å². The third kappa shape index (κ3) is 9.62. The maximum atomic E-state index is 8.03. The van der Waals surface area contributed by atoms with Crippen LogP contribution < -0.4 is 10.9 Å². The molecule has 9 nitrogen and oxygen atoms in total. The lowest BCUT2D eigenvalue weighted by Crippen LogP contribution is -2.26. The minimum absolute atomic E-state index is 0.361. The molecule has 9 heteroatoms. The van der Waals surface area contributed by atoms with E-state index in [1.807, 2.05) is 0 Å². The van der Waals surface area contributed by atoms with Gasteiger partial charge in [-0.15, -0.1) is 0 Å². The highest BCUT2D eigenvalue weighted by molar-refractivity contribution is 4.57. The minimum atomic E-state index is 0.361. The highest BCUT2D eigenvalue weighted by Gasteiger charge is 2.08. The molecule has 1 heterocycles. The van der Waals surface area contributed by atoms with E-state index in [0.29, 0.717) is 46.2 Å². The van der Waals surface area contributed by atoms with Gasteiger partial charge < -0.3 is 14.2 Å². The molecule has 1 rings (SSSR count). The van der Waals surface area contributed by atoms with Crippen molar-refractivity contribution >= 4 is 0 Å². The highest BCUT2D eigenvalue weighted by Crippen LogP contribution is 1.88. The molecule has 1 saturated heterocycles. The van der Waals surface area contributed by atoms with Crippen molar-refractivity contribution in [1.29, 1.82) is 0 Å². The van der Waals surface area contributed by atoms with Crippen molar-refractivity contribution in [3.05, 3.63) is 10.4 Å². The SMILES string of the molecule is [N-]=[N+]=NCCOCCOCCOCCN1CNNC1. The lowest BCUT2D eigenvalue weighted by atomic mass is 10.6. The van der Waals surface area contributed by atoms with Gasteiger partial charge in [0.2, 0.25) is 0 Å². The summed E-state index contributed by atoms with van der Waals surface area (Å²) < 4.78 is 15.9. The van der Waals surface area contributed by atoms with Gasteiger partial charge in [-0.2, -0.15) is 0 Å². The number of nitrogens with one attached hydrogen (secondary N) is 2. The smallest absolute Gasteiger partial charge is 0.0701 e. The molecule has 0 aromatic rings. The highest BCUT2D eigenvalue weighted by atomic mass is 16.5. The number of hydrazine groups is 1. The van der Waals surface area contributed by atoms with Crippen molar-refractivity contribution in [2.45, 2.75) is 0 Å². The molecule has 0 saturated carbocycles. The fourth-order valence-electron chi connectivity index (χ4n) is 1.44. The van der Waals surface area contributed by atoms with Crippen molar-refractivity contribution in [1.82, 2.24) is 15.8 Å². The Morgan fingerprint density at radius 3 is 2.16 bits per heavy atom. The number of nitrogens with zero attached hydrogens (tertiary/aromatic N) is 4. The van der Waals surface area contributed by atoms with Crippen molar-refractivity contribution in [2.24, 2.45) is 5.11 Å². The van der Waals surface area contributed by atoms with Crippen LogP contribution in [0.3, 0.4) is 0 Å². The van der Waals surface area contributed by atoms with Gasteiger partial charge in [-0.05, 0) is 5.53 Å². The van der Waals surface area contributed by atoms with Crippen LogP contribution >= 0.6 is 0 Å². The Kier molecular flexibility index (Phi) is 10.3. The quantitative estimate of drug-likeness (QED) is 0.219. The number of rotatable bonds is 12. The largest absolute Gasteiger partial charge is 0.379 e. The average Bonchev–Trinajstić information content (AvgIpc) is 2.93. The molecule has 0 radical (unpaired) electrons. The zero-order valence-corrected chi connectivity index (χ0v) is 11.1. The first-order chi connectivity index (χ1) is 9.43. The number of ether oxygens (including phenoxy) is 3. The predicted molar refractivity (Wildman–Crippen MR) is 69.2 cm³/mol. The zero-order chi connectivity index (χ0) is 13.6. The van der Waals surface area contributed by atoms with Gasteiger partial charge in [0.05, 0.1) is 53.0 Å². The van der Waals surface area contributed by atoms with Gasteiger partial charge in [0.1, 0.15) is 0 Å². The van der Waals surface area contributed by atoms with Crippen LogP contribution in [-0.2, 0) is 14.2 Å². The Labute approximate surface area is 112 Å². The summed E-state index contributed by atoms with van der Waals surface area (Å²) in [6.45, 7) is 6.30. The maximum absolute atomic E-state index is 8.03. The van der Waals surface area contributed by atoms with Crippen LogP contribution in [0.25, 0.3) is 10.4 Å². The van der Waals surface area contributed by atoms with Gasteiger partial charge in [0, 0.05) is 18.0 Å². The van der Waals surface area contributed by atoms with Crippen molar-refractivity contribution in [2.75, 3.05) is 66.1 Å². The predicted octanol–water partition coefficient (Wildman–Crippen LogP) is -0.329. The van der Waals surface area contributed by atoms with E-state index in [1.54, 1.807) is 0 Å². The van der Waals surface area contributed by atoms with Crippen molar-refractivity contribution < 1.29 is 14.2 Å². The fourth-order valence-corrected chi connectivity index (χ4v) is 1.44.